The van der Waals surface area contributed by atoms with Crippen LogP contribution in [-0.4, -0.2) is 22.8 Å². The maximum Gasteiger partial charge on any atom is 0.249 e. The van der Waals surface area contributed by atoms with Crippen LogP contribution >= 0.6 is 0 Å². The van der Waals surface area contributed by atoms with Crippen LogP contribution in [0.3, 0.4) is 0 Å². The molecule has 0 aromatic carbocycles. The Bertz CT molecular complexity index is 447. The Hall–Kier alpha value is -1.95. The molecule has 1 fully saturated rings. The summed E-state index contributed by atoms with van der Waals surface area (Å²) in [4.78, 5) is 26.5. The molecule has 1 aromatic heterocycles. The molecule has 2 rings (SSSR count). The predicted octanol–water partition coefficient (Wildman–Crippen LogP) is -0.243. The third kappa shape index (κ3) is 2.79. The minimum absolute atomic E-state index is 0.220. The van der Waals surface area contributed by atoms with Crippen molar-refractivity contribution in [1.29, 1.82) is 0 Å². The maximum atomic E-state index is 11.5. The first-order chi connectivity index (χ1) is 8.19. The Morgan fingerprint density at radius 1 is 1.47 bits per heavy atom. The molecule has 6 nitrogen and oxygen atoms in total. The van der Waals surface area contributed by atoms with Gasteiger partial charge in [0.05, 0.1) is 5.69 Å². The van der Waals surface area contributed by atoms with Crippen LogP contribution in [0, 0.1) is 0 Å². The summed E-state index contributed by atoms with van der Waals surface area (Å²) >= 11 is 0. The number of carbonyl (C=O) groups is 2. The number of anilines is 1. The highest BCUT2D eigenvalue weighted by Crippen LogP contribution is 2.13. The zero-order valence-electron chi connectivity index (χ0n) is 9.27. The lowest BCUT2D eigenvalue weighted by molar-refractivity contribution is -0.133. The molecule has 0 aliphatic carbocycles. The molecular formula is C11H14N4O2. The molecule has 1 aliphatic rings. The van der Waals surface area contributed by atoms with Gasteiger partial charge in [-0.2, -0.15) is 0 Å². The number of piperidine rings is 1. The summed E-state index contributed by atoms with van der Waals surface area (Å²) < 4.78 is 0. The fourth-order valence-corrected chi connectivity index (χ4v) is 1.71. The fourth-order valence-electron chi connectivity index (χ4n) is 1.71. The van der Waals surface area contributed by atoms with Gasteiger partial charge in [0.1, 0.15) is 6.04 Å². The average Bonchev–Trinajstić information content (AvgIpc) is 2.33. The summed E-state index contributed by atoms with van der Waals surface area (Å²) in [6.45, 7) is 0.401. The molecule has 17 heavy (non-hydrogen) atoms. The molecule has 1 aromatic rings. The molecule has 1 aliphatic heterocycles. The number of rotatable bonds is 3. The van der Waals surface area contributed by atoms with Crippen molar-refractivity contribution in [2.75, 3.05) is 5.32 Å². The molecule has 1 saturated heterocycles. The van der Waals surface area contributed by atoms with Crippen LogP contribution in [0.15, 0.2) is 18.5 Å². The summed E-state index contributed by atoms with van der Waals surface area (Å²) in [6.07, 6.45) is 4.16. The van der Waals surface area contributed by atoms with Crippen molar-refractivity contribution in [3.63, 3.8) is 0 Å². The van der Waals surface area contributed by atoms with Crippen molar-refractivity contribution in [1.82, 2.24) is 10.3 Å². The molecule has 90 valence electrons. The monoisotopic (exact) mass is 234 g/mol. The van der Waals surface area contributed by atoms with E-state index in [1.165, 1.54) is 0 Å². The molecular weight excluding hydrogens is 220 g/mol. The summed E-state index contributed by atoms with van der Waals surface area (Å²) in [5.74, 6) is -0.513. The zero-order valence-corrected chi connectivity index (χ0v) is 9.27. The number of hydrogen-bond acceptors (Lipinski definition) is 5. The number of hydrogen-bond donors (Lipinski definition) is 3. The van der Waals surface area contributed by atoms with Gasteiger partial charge in [-0.3, -0.25) is 19.9 Å². The highest BCUT2D eigenvalue weighted by molar-refractivity contribution is 6.01. The standard InChI is InChI=1S/C11H14N4O2/c12-4-7-3-8(6-13-5-7)14-9-1-2-10(16)15-11(9)17/h3,5-6,9,14H,1-2,4,12H2,(H,15,16,17). The molecule has 0 radical (unpaired) electrons. The SMILES string of the molecule is NCc1cncc(NC2CCC(=O)NC2=O)c1. The fraction of sp³-hybridized carbons (Fsp3) is 0.364. The molecule has 2 amide bonds. The van der Waals surface area contributed by atoms with Crippen LogP contribution in [0.5, 0.6) is 0 Å². The van der Waals surface area contributed by atoms with Crippen LogP contribution in [0.2, 0.25) is 0 Å². The number of nitrogens with one attached hydrogen (secondary N) is 2. The van der Waals surface area contributed by atoms with Crippen molar-refractivity contribution in [3.8, 4) is 0 Å². The second-order valence-electron chi connectivity index (χ2n) is 3.93. The minimum Gasteiger partial charge on any atom is -0.372 e. The Morgan fingerprint density at radius 3 is 3.00 bits per heavy atom. The molecule has 2 heterocycles. The van der Waals surface area contributed by atoms with Gasteiger partial charge in [0.25, 0.3) is 0 Å². The molecule has 1 unspecified atom stereocenters. The average molecular weight is 234 g/mol. The smallest absolute Gasteiger partial charge is 0.249 e. The van der Waals surface area contributed by atoms with Gasteiger partial charge in [-0.25, -0.2) is 0 Å². The summed E-state index contributed by atoms with van der Waals surface area (Å²) in [5, 5.41) is 5.34. The van der Waals surface area contributed by atoms with E-state index in [-0.39, 0.29) is 17.9 Å². The minimum atomic E-state index is -0.387. The topological polar surface area (TPSA) is 97.1 Å². The molecule has 6 heteroatoms. The summed E-state index contributed by atoms with van der Waals surface area (Å²) in [5.41, 5.74) is 7.14. The second-order valence-corrected chi connectivity index (χ2v) is 3.93. The normalized spacial score (nSPS) is 19.9. The number of nitrogens with zero attached hydrogens (tertiary/aromatic N) is 1. The largest absolute Gasteiger partial charge is 0.372 e. The lowest BCUT2D eigenvalue weighted by atomic mass is 10.1. The van der Waals surface area contributed by atoms with Gasteiger partial charge in [0.2, 0.25) is 11.8 Å². The first-order valence-corrected chi connectivity index (χ1v) is 5.43. The lowest BCUT2D eigenvalue weighted by Gasteiger charge is -2.22. The number of carbonyl (C=O) groups excluding carboxylic acids is 2. The number of imide groups is 1. The third-order valence-electron chi connectivity index (χ3n) is 2.61. The van der Waals surface area contributed by atoms with E-state index >= 15 is 0 Å². The Kier molecular flexibility index (Phi) is 3.34. The predicted molar refractivity (Wildman–Crippen MR) is 61.9 cm³/mol. The molecule has 1 atom stereocenters. The number of pyridine rings is 1. The molecule has 0 saturated carbocycles. The van der Waals surface area contributed by atoms with Crippen molar-refractivity contribution in [2.24, 2.45) is 5.73 Å². The van der Waals surface area contributed by atoms with Crippen molar-refractivity contribution in [3.05, 3.63) is 24.0 Å². The Labute approximate surface area is 98.6 Å². The third-order valence-corrected chi connectivity index (χ3v) is 2.61. The van der Waals surface area contributed by atoms with Crippen LogP contribution in [0.4, 0.5) is 5.69 Å². The van der Waals surface area contributed by atoms with E-state index in [1.54, 1.807) is 12.4 Å². The van der Waals surface area contributed by atoms with Crippen molar-refractivity contribution < 1.29 is 9.59 Å². The van der Waals surface area contributed by atoms with Gasteiger partial charge in [0, 0.05) is 25.4 Å². The number of amides is 2. The Morgan fingerprint density at radius 2 is 2.29 bits per heavy atom. The second kappa shape index (κ2) is 4.92. The quantitative estimate of drug-likeness (QED) is 0.627. The number of nitrogens with two attached hydrogens (primary N) is 1. The highest BCUT2D eigenvalue weighted by Gasteiger charge is 2.26. The first-order valence-electron chi connectivity index (χ1n) is 5.43. The summed E-state index contributed by atoms with van der Waals surface area (Å²) in [6, 6.07) is 1.46. The van der Waals surface area contributed by atoms with Crippen LogP contribution in [0.1, 0.15) is 18.4 Å². The van der Waals surface area contributed by atoms with Gasteiger partial charge in [-0.15, -0.1) is 0 Å². The lowest BCUT2D eigenvalue weighted by Crippen LogP contribution is -2.47. The van der Waals surface area contributed by atoms with Gasteiger partial charge in [-0.1, -0.05) is 0 Å². The Balaban J connectivity index is 2.05. The van der Waals surface area contributed by atoms with Gasteiger partial charge >= 0.3 is 0 Å². The van der Waals surface area contributed by atoms with Crippen molar-refractivity contribution >= 4 is 17.5 Å². The van der Waals surface area contributed by atoms with Gasteiger partial charge in [-0.05, 0) is 18.1 Å². The van der Waals surface area contributed by atoms with E-state index in [9.17, 15) is 9.59 Å². The van der Waals surface area contributed by atoms with E-state index in [4.69, 9.17) is 5.73 Å². The zero-order chi connectivity index (χ0) is 12.3. The first kappa shape index (κ1) is 11.5. The van der Waals surface area contributed by atoms with Crippen LogP contribution in [-0.2, 0) is 16.1 Å². The number of aromatic nitrogens is 1. The summed E-state index contributed by atoms with van der Waals surface area (Å²) in [7, 11) is 0. The molecule has 0 bridgehead atoms. The molecule has 4 N–H and O–H groups in total. The van der Waals surface area contributed by atoms with E-state index in [2.05, 4.69) is 15.6 Å². The van der Waals surface area contributed by atoms with Gasteiger partial charge < -0.3 is 11.1 Å². The highest BCUT2D eigenvalue weighted by atomic mass is 16.2. The van der Waals surface area contributed by atoms with E-state index in [0.717, 1.165) is 11.3 Å². The maximum absolute atomic E-state index is 11.5. The van der Waals surface area contributed by atoms with Crippen LogP contribution < -0.4 is 16.4 Å². The van der Waals surface area contributed by atoms with Crippen LogP contribution in [0.25, 0.3) is 0 Å². The molecule has 0 spiro atoms. The van der Waals surface area contributed by atoms with E-state index in [1.807, 2.05) is 6.07 Å². The van der Waals surface area contributed by atoms with E-state index in [0.29, 0.717) is 19.4 Å². The van der Waals surface area contributed by atoms with Gasteiger partial charge in [0.15, 0.2) is 0 Å². The van der Waals surface area contributed by atoms with E-state index < -0.39 is 0 Å². The van der Waals surface area contributed by atoms with Crippen molar-refractivity contribution in [2.45, 2.75) is 25.4 Å².